The van der Waals surface area contributed by atoms with Crippen molar-refractivity contribution in [3.8, 4) is 0 Å². The molecule has 2 nitrogen and oxygen atoms in total. The minimum Gasteiger partial charge on any atom is -0.358 e. The number of hydrogen-bond acceptors (Lipinski definition) is 2. The maximum Gasteiger partial charge on any atom is 0.0908 e. The molecule has 2 aromatic heterocycles. The van der Waals surface area contributed by atoms with E-state index in [1.807, 2.05) is 0 Å². The fourth-order valence-electron chi connectivity index (χ4n) is 2.06. The van der Waals surface area contributed by atoms with Gasteiger partial charge in [0.25, 0.3) is 0 Å². The molecule has 3 heteroatoms. The van der Waals surface area contributed by atoms with Crippen molar-refractivity contribution in [1.82, 2.24) is 9.97 Å². The Morgan fingerprint density at radius 1 is 1.20 bits per heavy atom. The van der Waals surface area contributed by atoms with Gasteiger partial charge < -0.3 is 4.98 Å². The Hall–Kier alpha value is -1.35. The molecule has 0 bridgehead atoms. The molecule has 0 aliphatic rings. The minimum atomic E-state index is 1.12. The molecule has 15 heavy (non-hydrogen) atoms. The highest BCUT2D eigenvalue weighted by Gasteiger charge is 2.10. The standard InChI is InChI=1S/C12H12N2S/c1-6-7(2)13-9-4-5-10-12(11(6)9)15-8(3)14-10/h4-5,13H,1-3H3. The topological polar surface area (TPSA) is 28.7 Å². The zero-order valence-electron chi connectivity index (χ0n) is 9.01. The largest absolute Gasteiger partial charge is 0.358 e. The summed E-state index contributed by atoms with van der Waals surface area (Å²) < 4.78 is 1.31. The number of H-pyrrole nitrogens is 1. The number of nitrogens with one attached hydrogen (secondary N) is 1. The van der Waals surface area contributed by atoms with Gasteiger partial charge in [-0.2, -0.15) is 0 Å². The van der Waals surface area contributed by atoms with E-state index in [2.05, 4.69) is 42.9 Å². The number of aromatic amines is 1. The lowest BCUT2D eigenvalue weighted by atomic mass is 10.1. The third kappa shape index (κ3) is 1.13. The number of nitrogens with zero attached hydrogens (tertiary/aromatic N) is 1. The van der Waals surface area contributed by atoms with Crippen LogP contribution >= 0.6 is 11.3 Å². The van der Waals surface area contributed by atoms with Gasteiger partial charge in [0.1, 0.15) is 0 Å². The lowest BCUT2D eigenvalue weighted by molar-refractivity contribution is 1.25. The molecule has 1 N–H and O–H groups in total. The molecule has 0 radical (unpaired) electrons. The van der Waals surface area contributed by atoms with Gasteiger partial charge in [-0.3, -0.25) is 0 Å². The molecule has 0 unspecified atom stereocenters. The number of aromatic nitrogens is 2. The summed E-state index contributed by atoms with van der Waals surface area (Å²) in [6.45, 7) is 6.35. The highest BCUT2D eigenvalue weighted by Crippen LogP contribution is 2.33. The highest BCUT2D eigenvalue weighted by atomic mass is 32.1. The van der Waals surface area contributed by atoms with Gasteiger partial charge in [-0.1, -0.05) is 0 Å². The van der Waals surface area contributed by atoms with Gasteiger partial charge >= 0.3 is 0 Å². The van der Waals surface area contributed by atoms with Crippen molar-refractivity contribution >= 4 is 32.5 Å². The molecule has 2 heterocycles. The van der Waals surface area contributed by atoms with Gasteiger partial charge in [-0.15, -0.1) is 11.3 Å². The zero-order valence-corrected chi connectivity index (χ0v) is 9.83. The summed E-state index contributed by atoms with van der Waals surface area (Å²) in [6, 6.07) is 4.22. The first kappa shape index (κ1) is 8.92. The maximum atomic E-state index is 4.52. The summed E-state index contributed by atoms with van der Waals surface area (Å²) in [6.07, 6.45) is 0. The van der Waals surface area contributed by atoms with Gasteiger partial charge in [0.2, 0.25) is 0 Å². The van der Waals surface area contributed by atoms with E-state index in [1.54, 1.807) is 11.3 Å². The fraction of sp³-hybridized carbons (Fsp3) is 0.250. The second-order valence-electron chi connectivity index (χ2n) is 3.94. The van der Waals surface area contributed by atoms with Gasteiger partial charge in [0.05, 0.1) is 15.2 Å². The monoisotopic (exact) mass is 216 g/mol. The lowest BCUT2D eigenvalue weighted by Gasteiger charge is -1.92. The summed E-state index contributed by atoms with van der Waals surface area (Å²) in [5, 5.41) is 2.48. The lowest BCUT2D eigenvalue weighted by Crippen LogP contribution is -1.72. The first-order chi connectivity index (χ1) is 7.16. The van der Waals surface area contributed by atoms with Crippen LogP contribution in [0.5, 0.6) is 0 Å². The number of rotatable bonds is 0. The Balaban J connectivity index is 2.62. The molecule has 0 spiro atoms. The second-order valence-corrected chi connectivity index (χ2v) is 5.15. The molecule has 0 saturated heterocycles. The minimum absolute atomic E-state index is 1.12. The Morgan fingerprint density at radius 2 is 2.00 bits per heavy atom. The first-order valence-corrected chi connectivity index (χ1v) is 5.83. The highest BCUT2D eigenvalue weighted by molar-refractivity contribution is 7.19. The number of thiazole rings is 1. The third-order valence-electron chi connectivity index (χ3n) is 2.92. The van der Waals surface area contributed by atoms with Gasteiger partial charge in [0, 0.05) is 16.6 Å². The fourth-order valence-corrected chi connectivity index (χ4v) is 3.09. The molecule has 0 aliphatic carbocycles. The van der Waals surface area contributed by atoms with Crippen molar-refractivity contribution in [3.63, 3.8) is 0 Å². The van der Waals surface area contributed by atoms with Crippen LogP contribution in [0.25, 0.3) is 21.1 Å². The van der Waals surface area contributed by atoms with Crippen LogP contribution in [-0.4, -0.2) is 9.97 Å². The van der Waals surface area contributed by atoms with E-state index in [9.17, 15) is 0 Å². The van der Waals surface area contributed by atoms with E-state index >= 15 is 0 Å². The van der Waals surface area contributed by atoms with E-state index in [0.29, 0.717) is 0 Å². The molecule has 3 rings (SSSR count). The van der Waals surface area contributed by atoms with Crippen LogP contribution in [0.3, 0.4) is 0 Å². The normalized spacial score (nSPS) is 11.7. The Morgan fingerprint density at radius 3 is 2.80 bits per heavy atom. The van der Waals surface area contributed by atoms with Crippen molar-refractivity contribution in [2.24, 2.45) is 0 Å². The average molecular weight is 216 g/mol. The molecular formula is C12H12N2S. The summed E-state index contributed by atoms with van der Waals surface area (Å²) in [5.41, 5.74) is 4.94. The number of aryl methyl sites for hydroxylation is 3. The van der Waals surface area contributed by atoms with Crippen LogP contribution in [0.2, 0.25) is 0 Å². The SMILES string of the molecule is Cc1nc2ccc3[nH]c(C)c(C)c3c2s1. The van der Waals surface area contributed by atoms with Gasteiger partial charge in [-0.25, -0.2) is 4.98 Å². The predicted octanol–water partition coefficient (Wildman–Crippen LogP) is 3.70. The van der Waals surface area contributed by atoms with Crippen molar-refractivity contribution < 1.29 is 0 Å². The predicted molar refractivity (Wildman–Crippen MR) is 65.7 cm³/mol. The maximum absolute atomic E-state index is 4.52. The zero-order chi connectivity index (χ0) is 10.6. The van der Waals surface area contributed by atoms with Crippen LogP contribution < -0.4 is 0 Å². The van der Waals surface area contributed by atoms with Crippen molar-refractivity contribution in [1.29, 1.82) is 0 Å². The van der Waals surface area contributed by atoms with Crippen molar-refractivity contribution in [3.05, 3.63) is 28.4 Å². The number of hydrogen-bond donors (Lipinski definition) is 1. The van der Waals surface area contributed by atoms with Crippen molar-refractivity contribution in [2.45, 2.75) is 20.8 Å². The molecule has 0 saturated carbocycles. The molecule has 0 fully saturated rings. The van der Waals surface area contributed by atoms with Crippen LogP contribution in [-0.2, 0) is 0 Å². The third-order valence-corrected chi connectivity index (χ3v) is 3.93. The molecule has 3 aromatic rings. The number of fused-ring (bicyclic) bond motifs is 3. The van der Waals surface area contributed by atoms with Gasteiger partial charge in [0.15, 0.2) is 0 Å². The quantitative estimate of drug-likeness (QED) is 0.610. The first-order valence-electron chi connectivity index (χ1n) is 5.02. The Kier molecular flexibility index (Phi) is 1.68. The number of benzene rings is 1. The Labute approximate surface area is 92.0 Å². The van der Waals surface area contributed by atoms with Crippen LogP contribution in [0.15, 0.2) is 12.1 Å². The Bertz CT molecular complexity index is 661. The van der Waals surface area contributed by atoms with Crippen LogP contribution in [0.4, 0.5) is 0 Å². The van der Waals surface area contributed by atoms with E-state index in [0.717, 1.165) is 10.5 Å². The van der Waals surface area contributed by atoms with Crippen molar-refractivity contribution in [2.75, 3.05) is 0 Å². The van der Waals surface area contributed by atoms with Crippen LogP contribution in [0.1, 0.15) is 16.3 Å². The summed E-state index contributed by atoms with van der Waals surface area (Å²) in [7, 11) is 0. The van der Waals surface area contributed by atoms with E-state index in [4.69, 9.17) is 0 Å². The smallest absolute Gasteiger partial charge is 0.0908 e. The van der Waals surface area contributed by atoms with E-state index < -0.39 is 0 Å². The van der Waals surface area contributed by atoms with E-state index in [1.165, 1.54) is 26.9 Å². The molecule has 76 valence electrons. The summed E-state index contributed by atoms with van der Waals surface area (Å²) in [4.78, 5) is 7.93. The average Bonchev–Trinajstić information content (AvgIpc) is 2.68. The van der Waals surface area contributed by atoms with Gasteiger partial charge in [-0.05, 0) is 38.5 Å². The molecule has 0 amide bonds. The van der Waals surface area contributed by atoms with Crippen LogP contribution in [0, 0.1) is 20.8 Å². The molecular weight excluding hydrogens is 204 g/mol. The summed E-state index contributed by atoms with van der Waals surface area (Å²) in [5.74, 6) is 0. The summed E-state index contributed by atoms with van der Waals surface area (Å²) >= 11 is 1.78. The molecule has 0 atom stereocenters. The molecule has 1 aromatic carbocycles. The molecule has 0 aliphatic heterocycles. The van der Waals surface area contributed by atoms with E-state index in [-0.39, 0.29) is 0 Å². The second kappa shape index (κ2) is 2.83.